The van der Waals surface area contributed by atoms with Crippen molar-refractivity contribution in [1.82, 2.24) is 9.97 Å². The Morgan fingerprint density at radius 1 is 1.31 bits per heavy atom. The Bertz CT molecular complexity index is 528. The molecular formula is C10H9N4O2+. The third kappa shape index (κ3) is 1.81. The lowest BCUT2D eigenvalue weighted by Gasteiger charge is -1.96. The smallest absolute Gasteiger partial charge is 0.438 e. The fraction of sp³-hybridized carbons (Fsp3) is 0. The van der Waals surface area contributed by atoms with Gasteiger partial charge < -0.3 is 10.8 Å². The van der Waals surface area contributed by atoms with Crippen LogP contribution in [0.3, 0.4) is 0 Å². The van der Waals surface area contributed by atoms with Gasteiger partial charge in [0, 0.05) is 0 Å². The first kappa shape index (κ1) is 10.0. The van der Waals surface area contributed by atoms with Crippen LogP contribution in [-0.2, 0) is 0 Å². The van der Waals surface area contributed by atoms with Crippen LogP contribution in [0.4, 0.5) is 5.69 Å². The third-order valence-corrected chi connectivity index (χ3v) is 1.95. The summed E-state index contributed by atoms with van der Waals surface area (Å²) in [5.41, 5.74) is 5.31. The van der Waals surface area contributed by atoms with Crippen molar-refractivity contribution in [3.05, 3.63) is 42.5 Å². The predicted molar refractivity (Wildman–Crippen MR) is 54.9 cm³/mol. The average Bonchev–Trinajstić information content (AvgIpc) is 2.30. The van der Waals surface area contributed by atoms with Crippen LogP contribution in [0.15, 0.2) is 36.8 Å². The van der Waals surface area contributed by atoms with Crippen molar-refractivity contribution in [1.29, 1.82) is 0 Å². The maximum absolute atomic E-state index is 10.8. The monoisotopic (exact) mass is 217 g/mol. The number of nitrogen functional groups attached to an aromatic ring is 1. The van der Waals surface area contributed by atoms with Gasteiger partial charge in [0.2, 0.25) is 0 Å². The Morgan fingerprint density at radius 3 is 2.62 bits per heavy atom. The Morgan fingerprint density at radius 2 is 2.00 bits per heavy atom. The molecule has 3 N–H and O–H groups in total. The van der Waals surface area contributed by atoms with Gasteiger partial charge in [-0.3, -0.25) is 0 Å². The lowest BCUT2D eigenvalue weighted by molar-refractivity contribution is -0.603. The van der Waals surface area contributed by atoms with Crippen molar-refractivity contribution >= 4 is 11.7 Å². The molecule has 0 unspecified atom stereocenters. The average molecular weight is 217 g/mol. The molecule has 0 aromatic carbocycles. The van der Waals surface area contributed by atoms with E-state index in [1.165, 1.54) is 6.20 Å². The van der Waals surface area contributed by atoms with Gasteiger partial charge in [-0.25, -0.2) is 9.36 Å². The molecule has 0 fully saturated rings. The van der Waals surface area contributed by atoms with Crippen LogP contribution >= 0.6 is 0 Å². The van der Waals surface area contributed by atoms with E-state index in [2.05, 4.69) is 9.97 Å². The highest BCUT2D eigenvalue weighted by atomic mass is 16.4. The maximum Gasteiger partial charge on any atom is 0.438 e. The van der Waals surface area contributed by atoms with Crippen LogP contribution in [0.2, 0.25) is 0 Å². The van der Waals surface area contributed by atoms with E-state index in [0.717, 1.165) is 0 Å². The van der Waals surface area contributed by atoms with Gasteiger partial charge in [-0.05, 0) is 12.1 Å². The number of pyridine rings is 1. The number of aromatic carboxylic acids is 1. The normalized spacial score (nSPS) is 10.0. The molecule has 0 spiro atoms. The molecule has 2 heterocycles. The van der Waals surface area contributed by atoms with Crippen molar-refractivity contribution in [3.8, 4) is 5.95 Å². The molecule has 2 rings (SSSR count). The van der Waals surface area contributed by atoms with E-state index in [1.807, 2.05) is 6.07 Å². The number of rotatable bonds is 2. The SMILES string of the molecule is Nc1cnc(-[n+]2ccccc2)nc1C(=O)O. The Balaban J connectivity index is 2.52. The molecule has 0 radical (unpaired) electrons. The Hall–Kier alpha value is -2.50. The number of carbonyl (C=O) groups is 1. The molecule has 0 saturated carbocycles. The van der Waals surface area contributed by atoms with Crippen LogP contribution in [-0.4, -0.2) is 21.0 Å². The van der Waals surface area contributed by atoms with Crippen molar-refractivity contribution in [2.24, 2.45) is 0 Å². The molecule has 6 heteroatoms. The minimum atomic E-state index is -1.17. The molecule has 0 saturated heterocycles. The summed E-state index contributed by atoms with van der Waals surface area (Å²) in [6.07, 6.45) is 4.72. The van der Waals surface area contributed by atoms with Crippen LogP contribution in [0.5, 0.6) is 0 Å². The van der Waals surface area contributed by atoms with E-state index in [1.54, 1.807) is 29.1 Å². The first-order chi connectivity index (χ1) is 7.68. The lowest BCUT2D eigenvalue weighted by Crippen LogP contribution is -2.32. The number of nitrogens with two attached hydrogens (primary N) is 1. The number of hydrogen-bond acceptors (Lipinski definition) is 4. The summed E-state index contributed by atoms with van der Waals surface area (Å²) < 4.78 is 1.60. The molecule has 0 amide bonds. The largest absolute Gasteiger partial charge is 0.475 e. The van der Waals surface area contributed by atoms with Gasteiger partial charge in [-0.15, -0.1) is 0 Å². The molecule has 0 aliphatic heterocycles. The van der Waals surface area contributed by atoms with Gasteiger partial charge >= 0.3 is 11.9 Å². The standard InChI is InChI=1S/C10H8N4O2/c11-7-6-12-10(13-8(7)9(15)16)14-4-2-1-3-5-14/h1-6H,11H2/p+1. The van der Waals surface area contributed by atoms with Crippen molar-refractivity contribution in [2.45, 2.75) is 0 Å². The Kier molecular flexibility index (Phi) is 2.47. The molecule has 0 atom stereocenters. The van der Waals surface area contributed by atoms with Crippen molar-refractivity contribution in [2.75, 3.05) is 5.73 Å². The van der Waals surface area contributed by atoms with Gasteiger partial charge in [0.1, 0.15) is 11.9 Å². The minimum Gasteiger partial charge on any atom is -0.475 e. The highest BCUT2D eigenvalue weighted by molar-refractivity contribution is 5.91. The summed E-state index contributed by atoms with van der Waals surface area (Å²) in [5.74, 6) is -0.898. The van der Waals surface area contributed by atoms with E-state index in [9.17, 15) is 4.79 Å². The summed E-state index contributed by atoms with van der Waals surface area (Å²) in [7, 11) is 0. The molecule has 80 valence electrons. The fourth-order valence-corrected chi connectivity index (χ4v) is 1.21. The van der Waals surface area contributed by atoms with Crippen molar-refractivity contribution < 1.29 is 14.5 Å². The predicted octanol–water partition coefficient (Wildman–Crippen LogP) is 0.0337. The summed E-state index contributed by atoms with van der Waals surface area (Å²) in [6, 6.07) is 5.42. The first-order valence-electron chi connectivity index (χ1n) is 4.51. The molecule has 0 bridgehead atoms. The Labute approximate surface area is 91.0 Å². The van der Waals surface area contributed by atoms with Gasteiger partial charge in [-0.2, -0.15) is 0 Å². The lowest BCUT2D eigenvalue weighted by atomic mass is 10.3. The number of carboxylic acids is 1. The quantitative estimate of drug-likeness (QED) is 0.692. The third-order valence-electron chi connectivity index (χ3n) is 1.95. The van der Waals surface area contributed by atoms with Crippen LogP contribution < -0.4 is 10.3 Å². The second kappa shape index (κ2) is 3.93. The van der Waals surface area contributed by atoms with Gasteiger partial charge in [0.05, 0.1) is 12.4 Å². The molecule has 6 nitrogen and oxygen atoms in total. The molecular weight excluding hydrogens is 208 g/mol. The number of nitrogens with zero attached hydrogens (tertiary/aromatic N) is 3. The summed E-state index contributed by atoms with van der Waals surface area (Å²) in [5, 5.41) is 8.86. The van der Waals surface area contributed by atoms with Gasteiger partial charge in [0.25, 0.3) is 5.69 Å². The number of aromatic nitrogens is 3. The first-order valence-corrected chi connectivity index (χ1v) is 4.51. The fourth-order valence-electron chi connectivity index (χ4n) is 1.21. The minimum absolute atomic E-state index is 0.0489. The maximum atomic E-state index is 10.8. The molecule has 0 aliphatic carbocycles. The van der Waals surface area contributed by atoms with Crippen LogP contribution in [0.1, 0.15) is 10.5 Å². The van der Waals surface area contributed by atoms with E-state index in [0.29, 0.717) is 0 Å². The summed E-state index contributed by atoms with van der Waals surface area (Å²) in [6.45, 7) is 0. The van der Waals surface area contributed by atoms with E-state index in [-0.39, 0.29) is 17.3 Å². The number of hydrogen-bond donors (Lipinski definition) is 2. The second-order valence-corrected chi connectivity index (χ2v) is 3.06. The number of anilines is 1. The summed E-state index contributed by atoms with van der Waals surface area (Å²) >= 11 is 0. The molecule has 2 aromatic rings. The zero-order valence-electron chi connectivity index (χ0n) is 8.24. The zero-order chi connectivity index (χ0) is 11.5. The van der Waals surface area contributed by atoms with E-state index < -0.39 is 5.97 Å². The highest BCUT2D eigenvalue weighted by Crippen LogP contribution is 2.06. The highest BCUT2D eigenvalue weighted by Gasteiger charge is 2.19. The van der Waals surface area contributed by atoms with Gasteiger partial charge in [-0.1, -0.05) is 16.0 Å². The van der Waals surface area contributed by atoms with Gasteiger partial charge in [0.15, 0.2) is 0 Å². The summed E-state index contributed by atoms with van der Waals surface area (Å²) in [4.78, 5) is 18.7. The molecule has 0 aliphatic rings. The molecule has 2 aromatic heterocycles. The van der Waals surface area contributed by atoms with E-state index in [4.69, 9.17) is 10.8 Å². The van der Waals surface area contributed by atoms with Crippen LogP contribution in [0.25, 0.3) is 5.95 Å². The number of carboxylic acid groups (broad SMARTS) is 1. The second-order valence-electron chi connectivity index (χ2n) is 3.06. The molecule has 16 heavy (non-hydrogen) atoms. The van der Waals surface area contributed by atoms with E-state index >= 15 is 0 Å². The topological polar surface area (TPSA) is 93.0 Å². The van der Waals surface area contributed by atoms with Crippen LogP contribution in [0, 0.1) is 0 Å². The zero-order valence-corrected chi connectivity index (χ0v) is 8.24. The van der Waals surface area contributed by atoms with Crippen molar-refractivity contribution in [3.63, 3.8) is 0 Å².